The fourth-order valence-corrected chi connectivity index (χ4v) is 3.06. The summed E-state index contributed by atoms with van der Waals surface area (Å²) in [5.41, 5.74) is 6.10. The molecule has 0 aromatic heterocycles. The molecule has 0 bridgehead atoms. The Hall–Kier alpha value is -2.57. The first-order valence-corrected chi connectivity index (χ1v) is 9.06. The van der Waals surface area contributed by atoms with E-state index >= 15 is 0 Å². The number of nitrogens with two attached hydrogens (primary N) is 1. The number of hydrogen-bond acceptors (Lipinski definition) is 3. The van der Waals surface area contributed by atoms with Crippen LogP contribution in [-0.2, 0) is 9.59 Å². The summed E-state index contributed by atoms with van der Waals surface area (Å²) >= 11 is 0. The van der Waals surface area contributed by atoms with E-state index in [1.165, 1.54) is 0 Å². The lowest BCUT2D eigenvalue weighted by molar-refractivity contribution is -0.136. The second-order valence-corrected chi connectivity index (χ2v) is 7.01. The van der Waals surface area contributed by atoms with E-state index in [-0.39, 0.29) is 17.7 Å². The number of amides is 4. The second kappa shape index (κ2) is 9.22. The third-order valence-corrected chi connectivity index (χ3v) is 4.40. The third-order valence-electron chi connectivity index (χ3n) is 4.40. The summed E-state index contributed by atoms with van der Waals surface area (Å²) in [6.45, 7) is 5.81. The predicted octanol–water partition coefficient (Wildman–Crippen LogP) is 1.50. The van der Waals surface area contributed by atoms with Crippen molar-refractivity contribution in [3.8, 4) is 0 Å². The normalized spacial score (nSPS) is 16.1. The molecular formula is C19H28N4O3. The molecule has 142 valence electrons. The molecule has 1 unspecified atom stereocenters. The number of urea groups is 1. The standard InChI is InChI=1S/C19H28N4O3/c1-14(2)13-16(24)21-17(15-7-4-3-5-8-15)18(25)22-9-6-10-23(12-11-22)19(20)26/h3-5,7-8,14,17H,6,9-13H2,1-2H3,(H2,20,26)(H,21,24). The van der Waals surface area contributed by atoms with E-state index in [9.17, 15) is 14.4 Å². The number of rotatable bonds is 5. The Balaban J connectivity index is 2.14. The molecule has 7 nitrogen and oxygen atoms in total. The van der Waals surface area contributed by atoms with Crippen molar-refractivity contribution in [2.75, 3.05) is 26.2 Å². The first-order chi connectivity index (χ1) is 12.4. The molecule has 0 radical (unpaired) electrons. The lowest BCUT2D eigenvalue weighted by atomic mass is 10.0. The maximum atomic E-state index is 13.1. The van der Waals surface area contributed by atoms with Crippen LogP contribution < -0.4 is 11.1 Å². The molecule has 1 saturated heterocycles. The van der Waals surface area contributed by atoms with Crippen molar-refractivity contribution in [3.05, 3.63) is 35.9 Å². The molecule has 0 spiro atoms. The van der Waals surface area contributed by atoms with Gasteiger partial charge in [0.25, 0.3) is 0 Å². The molecule has 4 amide bonds. The predicted molar refractivity (Wildman–Crippen MR) is 99.1 cm³/mol. The number of benzene rings is 1. The van der Waals surface area contributed by atoms with Gasteiger partial charge in [0.1, 0.15) is 6.04 Å². The van der Waals surface area contributed by atoms with Crippen LogP contribution in [-0.4, -0.2) is 53.8 Å². The van der Waals surface area contributed by atoms with Crippen molar-refractivity contribution >= 4 is 17.8 Å². The van der Waals surface area contributed by atoms with Gasteiger partial charge >= 0.3 is 6.03 Å². The first-order valence-electron chi connectivity index (χ1n) is 9.06. The van der Waals surface area contributed by atoms with Gasteiger partial charge in [-0.25, -0.2) is 4.79 Å². The smallest absolute Gasteiger partial charge is 0.314 e. The minimum Gasteiger partial charge on any atom is -0.351 e. The van der Waals surface area contributed by atoms with Gasteiger partial charge < -0.3 is 20.9 Å². The molecule has 1 fully saturated rings. The van der Waals surface area contributed by atoms with Gasteiger partial charge in [-0.15, -0.1) is 0 Å². The highest BCUT2D eigenvalue weighted by molar-refractivity contribution is 5.88. The Bertz CT molecular complexity index is 633. The van der Waals surface area contributed by atoms with E-state index in [1.54, 1.807) is 9.80 Å². The van der Waals surface area contributed by atoms with Gasteiger partial charge in [0.2, 0.25) is 11.8 Å². The highest BCUT2D eigenvalue weighted by Gasteiger charge is 2.29. The Kier molecular flexibility index (Phi) is 7.00. The Morgan fingerprint density at radius 2 is 1.65 bits per heavy atom. The van der Waals surface area contributed by atoms with Crippen molar-refractivity contribution in [1.82, 2.24) is 15.1 Å². The van der Waals surface area contributed by atoms with E-state index in [1.807, 2.05) is 44.2 Å². The summed E-state index contributed by atoms with van der Waals surface area (Å²) < 4.78 is 0. The molecule has 0 saturated carbocycles. The second-order valence-electron chi connectivity index (χ2n) is 7.01. The first kappa shape index (κ1) is 19.8. The highest BCUT2D eigenvalue weighted by Crippen LogP contribution is 2.18. The monoisotopic (exact) mass is 360 g/mol. The van der Waals surface area contributed by atoms with E-state index in [0.717, 1.165) is 5.56 Å². The van der Waals surface area contributed by atoms with Crippen LogP contribution in [0.3, 0.4) is 0 Å². The minimum absolute atomic E-state index is 0.143. The average molecular weight is 360 g/mol. The number of hydrogen-bond donors (Lipinski definition) is 2. The van der Waals surface area contributed by atoms with Crippen LogP contribution in [0.4, 0.5) is 4.79 Å². The SMILES string of the molecule is CC(C)CC(=O)NC(C(=O)N1CCCN(C(N)=O)CC1)c1ccccc1. The van der Waals surface area contributed by atoms with Gasteiger partial charge in [0.15, 0.2) is 0 Å². The van der Waals surface area contributed by atoms with Gasteiger partial charge in [-0.05, 0) is 17.9 Å². The number of carbonyl (C=O) groups excluding carboxylic acids is 3. The van der Waals surface area contributed by atoms with Crippen molar-refractivity contribution < 1.29 is 14.4 Å². The van der Waals surface area contributed by atoms with Gasteiger partial charge in [-0.1, -0.05) is 44.2 Å². The number of primary amides is 1. The molecular weight excluding hydrogens is 332 g/mol. The summed E-state index contributed by atoms with van der Waals surface area (Å²) in [5, 5.41) is 2.88. The fraction of sp³-hybridized carbons (Fsp3) is 0.526. The molecule has 1 heterocycles. The van der Waals surface area contributed by atoms with Crippen LogP contribution in [0, 0.1) is 5.92 Å². The van der Waals surface area contributed by atoms with Gasteiger partial charge in [-0.3, -0.25) is 9.59 Å². The molecule has 1 aliphatic heterocycles. The van der Waals surface area contributed by atoms with Crippen LogP contribution in [0.5, 0.6) is 0 Å². The maximum absolute atomic E-state index is 13.1. The van der Waals surface area contributed by atoms with Crippen molar-refractivity contribution in [1.29, 1.82) is 0 Å². The van der Waals surface area contributed by atoms with Gasteiger partial charge in [-0.2, -0.15) is 0 Å². The van der Waals surface area contributed by atoms with Crippen LogP contribution in [0.25, 0.3) is 0 Å². The zero-order chi connectivity index (χ0) is 19.1. The summed E-state index contributed by atoms with van der Waals surface area (Å²) in [5.74, 6) is -0.0840. The Morgan fingerprint density at radius 1 is 1.04 bits per heavy atom. The van der Waals surface area contributed by atoms with Crippen molar-refractivity contribution in [2.24, 2.45) is 11.7 Å². The van der Waals surface area contributed by atoms with Crippen LogP contribution >= 0.6 is 0 Å². The zero-order valence-corrected chi connectivity index (χ0v) is 15.5. The molecule has 1 aromatic rings. The average Bonchev–Trinajstić information content (AvgIpc) is 2.85. The van der Waals surface area contributed by atoms with E-state index in [4.69, 9.17) is 5.73 Å². The Labute approximate surface area is 154 Å². The lowest BCUT2D eigenvalue weighted by Crippen LogP contribution is -2.45. The van der Waals surface area contributed by atoms with Crippen molar-refractivity contribution in [3.63, 3.8) is 0 Å². The van der Waals surface area contributed by atoms with Gasteiger partial charge in [0, 0.05) is 32.6 Å². The minimum atomic E-state index is -0.720. The quantitative estimate of drug-likeness (QED) is 0.833. The topological polar surface area (TPSA) is 95.7 Å². The molecule has 1 aliphatic rings. The fourth-order valence-electron chi connectivity index (χ4n) is 3.06. The number of carbonyl (C=O) groups is 3. The largest absolute Gasteiger partial charge is 0.351 e. The maximum Gasteiger partial charge on any atom is 0.314 e. The number of nitrogens with one attached hydrogen (secondary N) is 1. The van der Waals surface area contributed by atoms with Crippen molar-refractivity contribution in [2.45, 2.75) is 32.7 Å². The molecule has 3 N–H and O–H groups in total. The molecule has 26 heavy (non-hydrogen) atoms. The molecule has 7 heteroatoms. The highest BCUT2D eigenvalue weighted by atomic mass is 16.2. The summed E-state index contributed by atoms with van der Waals surface area (Å²) in [6, 6.07) is 8.06. The summed E-state index contributed by atoms with van der Waals surface area (Å²) in [6.07, 6.45) is 1.03. The van der Waals surface area contributed by atoms with Crippen LogP contribution in [0.1, 0.15) is 38.3 Å². The molecule has 2 rings (SSSR count). The summed E-state index contributed by atoms with van der Waals surface area (Å²) in [4.78, 5) is 40.0. The zero-order valence-electron chi connectivity index (χ0n) is 15.5. The molecule has 0 aliphatic carbocycles. The van der Waals surface area contributed by atoms with E-state index in [0.29, 0.717) is 39.0 Å². The van der Waals surface area contributed by atoms with Gasteiger partial charge in [0.05, 0.1) is 0 Å². The number of nitrogens with zero attached hydrogens (tertiary/aromatic N) is 2. The van der Waals surface area contributed by atoms with E-state index < -0.39 is 12.1 Å². The lowest BCUT2D eigenvalue weighted by Gasteiger charge is -2.27. The molecule has 1 atom stereocenters. The van der Waals surface area contributed by atoms with Crippen LogP contribution in [0.2, 0.25) is 0 Å². The third kappa shape index (κ3) is 5.47. The Morgan fingerprint density at radius 3 is 2.27 bits per heavy atom. The summed E-state index contributed by atoms with van der Waals surface area (Å²) in [7, 11) is 0. The van der Waals surface area contributed by atoms with Crippen LogP contribution in [0.15, 0.2) is 30.3 Å². The van der Waals surface area contributed by atoms with E-state index in [2.05, 4.69) is 5.32 Å². The molecule has 1 aromatic carbocycles.